The Morgan fingerprint density at radius 3 is 2.93 bits per heavy atom. The van der Waals surface area contributed by atoms with E-state index < -0.39 is 4.92 Å². The fourth-order valence-corrected chi connectivity index (χ4v) is 1.51. The number of hydrogen-bond donors (Lipinski definition) is 0. The molecule has 1 aliphatic rings. The van der Waals surface area contributed by atoms with E-state index in [0.29, 0.717) is 11.6 Å². The molecule has 6 heteroatoms. The van der Waals surface area contributed by atoms with Crippen molar-refractivity contribution >= 4 is 11.3 Å². The second kappa shape index (κ2) is 2.75. The first kappa shape index (κ1) is 8.34. The largest absolute Gasteiger partial charge is 0.287 e. The molecule has 3 rings (SSSR count). The number of rotatable bonds is 2. The molecule has 0 unspecified atom stereocenters. The molecule has 6 nitrogen and oxygen atoms in total. The average molecular weight is 204 g/mol. The van der Waals surface area contributed by atoms with Crippen LogP contribution >= 0.6 is 0 Å². The molecule has 1 saturated carbocycles. The Labute approximate surface area is 84.7 Å². The summed E-state index contributed by atoms with van der Waals surface area (Å²) >= 11 is 0. The first-order valence-electron chi connectivity index (χ1n) is 4.75. The molecule has 0 radical (unpaired) electrons. The normalized spacial score (nSPS) is 15.7. The summed E-state index contributed by atoms with van der Waals surface area (Å²) in [5, 5.41) is 14.8. The van der Waals surface area contributed by atoms with Crippen LogP contribution in [0.5, 0.6) is 0 Å². The Balaban J connectivity index is 2.13. The fourth-order valence-electron chi connectivity index (χ4n) is 1.51. The second-order valence-corrected chi connectivity index (χ2v) is 3.69. The predicted molar refractivity (Wildman–Crippen MR) is 51.6 cm³/mol. The van der Waals surface area contributed by atoms with Gasteiger partial charge < -0.3 is 0 Å². The van der Waals surface area contributed by atoms with E-state index in [1.165, 1.54) is 16.8 Å². The van der Waals surface area contributed by atoms with Crippen molar-refractivity contribution in [1.29, 1.82) is 0 Å². The van der Waals surface area contributed by atoms with Crippen molar-refractivity contribution in [3.8, 4) is 0 Å². The van der Waals surface area contributed by atoms with Crippen molar-refractivity contribution < 1.29 is 4.92 Å². The minimum absolute atomic E-state index is 0.0368. The number of aromatic nitrogens is 3. The van der Waals surface area contributed by atoms with E-state index in [1.54, 1.807) is 6.07 Å². The lowest BCUT2D eigenvalue weighted by molar-refractivity contribution is -0.385. The molecule has 1 fully saturated rings. The van der Waals surface area contributed by atoms with Crippen LogP contribution in [0.1, 0.15) is 24.6 Å². The van der Waals surface area contributed by atoms with Crippen LogP contribution in [0.3, 0.4) is 0 Å². The minimum Gasteiger partial charge on any atom is -0.258 e. The lowest BCUT2D eigenvalue weighted by atomic mass is 10.4. The van der Waals surface area contributed by atoms with Gasteiger partial charge in [0.2, 0.25) is 0 Å². The lowest BCUT2D eigenvalue weighted by Gasteiger charge is -1.91. The van der Waals surface area contributed by atoms with E-state index in [4.69, 9.17) is 0 Å². The molecule has 0 N–H and O–H groups in total. The van der Waals surface area contributed by atoms with Gasteiger partial charge >= 0.3 is 0 Å². The van der Waals surface area contributed by atoms with Gasteiger partial charge in [-0.25, -0.2) is 9.50 Å². The third-order valence-corrected chi connectivity index (χ3v) is 2.49. The Hall–Kier alpha value is -1.98. The molecule has 0 spiro atoms. The molecule has 0 saturated heterocycles. The molecule has 2 aromatic rings. The van der Waals surface area contributed by atoms with E-state index in [0.717, 1.165) is 18.7 Å². The van der Waals surface area contributed by atoms with E-state index >= 15 is 0 Å². The van der Waals surface area contributed by atoms with Gasteiger partial charge in [0.05, 0.1) is 4.92 Å². The third kappa shape index (κ3) is 1.34. The van der Waals surface area contributed by atoms with Gasteiger partial charge in [0.1, 0.15) is 6.20 Å². The van der Waals surface area contributed by atoms with Crippen LogP contribution in [0.15, 0.2) is 18.3 Å². The summed E-state index contributed by atoms with van der Waals surface area (Å²) in [6.45, 7) is 0. The zero-order chi connectivity index (χ0) is 10.4. The Morgan fingerprint density at radius 2 is 2.27 bits per heavy atom. The molecule has 2 aromatic heterocycles. The summed E-state index contributed by atoms with van der Waals surface area (Å²) in [6.07, 6.45) is 3.65. The molecule has 0 aromatic carbocycles. The van der Waals surface area contributed by atoms with Gasteiger partial charge in [0.25, 0.3) is 5.69 Å². The summed E-state index contributed by atoms with van der Waals surface area (Å²) in [6, 6.07) is 3.07. The molecular formula is C9H8N4O2. The van der Waals surface area contributed by atoms with Crippen molar-refractivity contribution in [1.82, 2.24) is 14.6 Å². The molecule has 0 atom stereocenters. The second-order valence-electron chi connectivity index (χ2n) is 3.69. The number of nitro groups is 1. The van der Waals surface area contributed by atoms with Crippen LogP contribution in [-0.4, -0.2) is 19.5 Å². The maximum absolute atomic E-state index is 10.5. The molecule has 2 heterocycles. The van der Waals surface area contributed by atoms with Gasteiger partial charge in [-0.15, -0.1) is 0 Å². The van der Waals surface area contributed by atoms with Gasteiger partial charge in [-0.1, -0.05) is 0 Å². The van der Waals surface area contributed by atoms with Crippen LogP contribution in [0.25, 0.3) is 5.65 Å². The van der Waals surface area contributed by atoms with Crippen molar-refractivity contribution in [2.75, 3.05) is 0 Å². The lowest BCUT2D eigenvalue weighted by Crippen LogP contribution is -1.93. The molecule has 76 valence electrons. The van der Waals surface area contributed by atoms with Crippen LogP contribution < -0.4 is 0 Å². The summed E-state index contributed by atoms with van der Waals surface area (Å²) in [5.74, 6) is 1.26. The van der Waals surface area contributed by atoms with Crippen LogP contribution in [0.2, 0.25) is 0 Å². The zero-order valence-corrected chi connectivity index (χ0v) is 7.83. The molecule has 0 amide bonds. The number of nitrogens with zero attached hydrogens (tertiary/aromatic N) is 4. The SMILES string of the molecule is O=[N+]([O-])c1ccc2nc(C3CC3)nn2c1. The Morgan fingerprint density at radius 1 is 1.47 bits per heavy atom. The van der Waals surface area contributed by atoms with Gasteiger partial charge in [-0.3, -0.25) is 10.1 Å². The van der Waals surface area contributed by atoms with E-state index in [9.17, 15) is 10.1 Å². The summed E-state index contributed by atoms with van der Waals surface area (Å²) in [7, 11) is 0. The monoisotopic (exact) mass is 204 g/mol. The highest BCUT2D eigenvalue weighted by atomic mass is 16.6. The van der Waals surface area contributed by atoms with Crippen LogP contribution in [0.4, 0.5) is 5.69 Å². The van der Waals surface area contributed by atoms with Crippen molar-refractivity contribution in [2.24, 2.45) is 0 Å². The van der Waals surface area contributed by atoms with Gasteiger partial charge in [0.15, 0.2) is 11.5 Å². The van der Waals surface area contributed by atoms with E-state index in [1.807, 2.05) is 0 Å². The molecule has 15 heavy (non-hydrogen) atoms. The first-order valence-corrected chi connectivity index (χ1v) is 4.75. The van der Waals surface area contributed by atoms with Gasteiger partial charge in [-0.2, -0.15) is 5.10 Å². The molecule has 0 bridgehead atoms. The highest BCUT2D eigenvalue weighted by Gasteiger charge is 2.28. The number of pyridine rings is 1. The highest BCUT2D eigenvalue weighted by Crippen LogP contribution is 2.38. The third-order valence-electron chi connectivity index (χ3n) is 2.49. The summed E-state index contributed by atoms with van der Waals surface area (Å²) in [4.78, 5) is 14.4. The molecular weight excluding hydrogens is 196 g/mol. The number of hydrogen-bond acceptors (Lipinski definition) is 4. The van der Waals surface area contributed by atoms with Crippen LogP contribution in [-0.2, 0) is 0 Å². The zero-order valence-electron chi connectivity index (χ0n) is 7.83. The smallest absolute Gasteiger partial charge is 0.258 e. The fraction of sp³-hybridized carbons (Fsp3) is 0.333. The minimum atomic E-state index is -0.433. The van der Waals surface area contributed by atoms with Crippen molar-refractivity contribution in [2.45, 2.75) is 18.8 Å². The summed E-state index contributed by atoms with van der Waals surface area (Å²) < 4.78 is 1.48. The topological polar surface area (TPSA) is 73.3 Å². The number of fused-ring (bicyclic) bond motifs is 1. The Kier molecular flexibility index (Phi) is 1.53. The highest BCUT2D eigenvalue weighted by molar-refractivity contribution is 5.43. The average Bonchev–Trinajstić information content (AvgIpc) is 2.97. The van der Waals surface area contributed by atoms with E-state index in [-0.39, 0.29) is 5.69 Å². The van der Waals surface area contributed by atoms with Crippen molar-refractivity contribution in [3.05, 3.63) is 34.3 Å². The van der Waals surface area contributed by atoms with E-state index in [2.05, 4.69) is 10.1 Å². The molecule has 0 aliphatic heterocycles. The quantitative estimate of drug-likeness (QED) is 0.549. The predicted octanol–water partition coefficient (Wildman–Crippen LogP) is 1.51. The first-order chi connectivity index (χ1) is 7.24. The van der Waals surface area contributed by atoms with Gasteiger partial charge in [0, 0.05) is 12.0 Å². The summed E-state index contributed by atoms with van der Waals surface area (Å²) in [5.41, 5.74) is 0.706. The molecule has 1 aliphatic carbocycles. The maximum atomic E-state index is 10.5. The van der Waals surface area contributed by atoms with Crippen LogP contribution in [0, 0.1) is 10.1 Å². The maximum Gasteiger partial charge on any atom is 0.287 e. The van der Waals surface area contributed by atoms with Crippen molar-refractivity contribution in [3.63, 3.8) is 0 Å². The van der Waals surface area contributed by atoms with Gasteiger partial charge in [-0.05, 0) is 18.9 Å². The standard InChI is InChI=1S/C9H8N4O2/c14-13(15)7-3-4-8-10-9(6-1-2-6)11-12(8)5-7/h3-6H,1-2H2. The Bertz CT molecular complexity index is 544.